The predicted octanol–water partition coefficient (Wildman–Crippen LogP) is 4.42. The lowest BCUT2D eigenvalue weighted by molar-refractivity contribution is -0.116. The number of halogens is 1. The van der Waals surface area contributed by atoms with Crippen LogP contribution in [0.15, 0.2) is 35.7 Å². The van der Waals surface area contributed by atoms with Crippen LogP contribution in [-0.2, 0) is 16.8 Å². The van der Waals surface area contributed by atoms with E-state index in [2.05, 4.69) is 31.1 Å². The topological polar surface area (TPSA) is 42.0 Å². The SMILES string of the molecule is CC(C)(C)c1csc(CNC(=O)C=Cc2ccc(Cl)cc2)n1. The Balaban J connectivity index is 1.87. The summed E-state index contributed by atoms with van der Waals surface area (Å²) in [6.07, 6.45) is 3.27. The third-order valence-electron chi connectivity index (χ3n) is 3.03. The van der Waals surface area contributed by atoms with Crippen molar-refractivity contribution in [2.24, 2.45) is 0 Å². The standard InChI is InChI=1S/C17H19ClN2OS/c1-17(2,3)14-11-22-16(20-14)10-19-15(21)9-6-12-4-7-13(18)8-5-12/h4-9,11H,10H2,1-3H3,(H,19,21). The molecule has 0 saturated heterocycles. The predicted molar refractivity (Wildman–Crippen MR) is 93.1 cm³/mol. The van der Waals surface area contributed by atoms with Crippen molar-refractivity contribution in [3.05, 3.63) is 57.0 Å². The average molecular weight is 335 g/mol. The number of amides is 1. The Kier molecular flexibility index (Phi) is 5.37. The molecular formula is C17H19ClN2OS. The molecule has 0 radical (unpaired) electrons. The maximum Gasteiger partial charge on any atom is 0.244 e. The molecule has 3 nitrogen and oxygen atoms in total. The zero-order valence-electron chi connectivity index (χ0n) is 12.9. The summed E-state index contributed by atoms with van der Waals surface area (Å²) in [7, 11) is 0. The smallest absolute Gasteiger partial charge is 0.244 e. The van der Waals surface area contributed by atoms with Gasteiger partial charge in [0.25, 0.3) is 0 Å². The zero-order valence-corrected chi connectivity index (χ0v) is 14.5. The van der Waals surface area contributed by atoms with Crippen LogP contribution in [0.2, 0.25) is 5.02 Å². The summed E-state index contributed by atoms with van der Waals surface area (Å²) in [6.45, 7) is 6.82. The van der Waals surface area contributed by atoms with Crippen molar-refractivity contribution in [2.45, 2.75) is 32.7 Å². The molecule has 0 aliphatic carbocycles. The molecule has 1 aromatic carbocycles. The number of nitrogens with one attached hydrogen (secondary N) is 1. The molecule has 22 heavy (non-hydrogen) atoms. The second kappa shape index (κ2) is 7.07. The molecule has 0 spiro atoms. The van der Waals surface area contributed by atoms with Gasteiger partial charge in [-0.25, -0.2) is 4.98 Å². The van der Waals surface area contributed by atoms with E-state index in [1.165, 1.54) is 6.08 Å². The van der Waals surface area contributed by atoms with Crippen LogP contribution in [0.5, 0.6) is 0 Å². The van der Waals surface area contributed by atoms with E-state index in [0.717, 1.165) is 16.3 Å². The number of carbonyl (C=O) groups excluding carboxylic acids is 1. The number of aromatic nitrogens is 1. The lowest BCUT2D eigenvalue weighted by Gasteiger charge is -2.14. The van der Waals surface area contributed by atoms with Gasteiger partial charge in [-0.15, -0.1) is 11.3 Å². The first kappa shape index (κ1) is 16.7. The Morgan fingerprint density at radius 3 is 2.59 bits per heavy atom. The number of hydrogen-bond acceptors (Lipinski definition) is 3. The van der Waals surface area contributed by atoms with Gasteiger partial charge >= 0.3 is 0 Å². The lowest BCUT2D eigenvalue weighted by Crippen LogP contribution is -2.20. The van der Waals surface area contributed by atoms with E-state index >= 15 is 0 Å². The van der Waals surface area contributed by atoms with E-state index < -0.39 is 0 Å². The molecule has 1 heterocycles. The van der Waals surface area contributed by atoms with Gasteiger partial charge in [0.15, 0.2) is 0 Å². The Morgan fingerprint density at radius 2 is 2.00 bits per heavy atom. The number of carbonyl (C=O) groups is 1. The summed E-state index contributed by atoms with van der Waals surface area (Å²) in [5.41, 5.74) is 2.02. The van der Waals surface area contributed by atoms with E-state index in [1.54, 1.807) is 29.5 Å². The van der Waals surface area contributed by atoms with Gasteiger partial charge < -0.3 is 5.32 Å². The summed E-state index contributed by atoms with van der Waals surface area (Å²) in [5, 5.41) is 6.48. The van der Waals surface area contributed by atoms with Gasteiger partial charge in [-0.2, -0.15) is 0 Å². The fraction of sp³-hybridized carbons (Fsp3) is 0.294. The number of hydrogen-bond donors (Lipinski definition) is 1. The van der Waals surface area contributed by atoms with Crippen LogP contribution in [0.4, 0.5) is 0 Å². The van der Waals surface area contributed by atoms with Gasteiger partial charge in [-0.3, -0.25) is 4.79 Å². The molecule has 2 aromatic rings. The largest absolute Gasteiger partial charge is 0.346 e. The van der Waals surface area contributed by atoms with Crippen LogP contribution in [-0.4, -0.2) is 10.9 Å². The van der Waals surface area contributed by atoms with Crippen molar-refractivity contribution in [1.82, 2.24) is 10.3 Å². The Bertz CT molecular complexity index is 669. The molecule has 116 valence electrons. The molecule has 5 heteroatoms. The molecule has 0 saturated carbocycles. The van der Waals surface area contributed by atoms with Crippen molar-refractivity contribution < 1.29 is 4.79 Å². The maximum absolute atomic E-state index is 11.8. The van der Waals surface area contributed by atoms with Crippen LogP contribution in [0.25, 0.3) is 6.08 Å². The van der Waals surface area contributed by atoms with Crippen LogP contribution in [0, 0.1) is 0 Å². The van der Waals surface area contributed by atoms with Gasteiger partial charge in [0.05, 0.1) is 12.2 Å². The fourth-order valence-corrected chi connectivity index (χ4v) is 2.79. The lowest BCUT2D eigenvalue weighted by atomic mass is 9.93. The first-order valence-corrected chi connectivity index (χ1v) is 8.27. The van der Waals surface area contributed by atoms with Crippen LogP contribution < -0.4 is 5.32 Å². The minimum Gasteiger partial charge on any atom is -0.346 e. The molecule has 1 N–H and O–H groups in total. The van der Waals surface area contributed by atoms with Crippen molar-refractivity contribution in [3.8, 4) is 0 Å². The molecule has 0 aliphatic rings. The number of thiazole rings is 1. The highest BCUT2D eigenvalue weighted by Gasteiger charge is 2.17. The molecule has 0 atom stereocenters. The van der Waals surface area contributed by atoms with Gasteiger partial charge in [0.1, 0.15) is 5.01 Å². The van der Waals surface area contributed by atoms with E-state index in [4.69, 9.17) is 11.6 Å². The third-order valence-corrected chi connectivity index (χ3v) is 4.13. The highest BCUT2D eigenvalue weighted by atomic mass is 35.5. The number of rotatable bonds is 4. The van der Waals surface area contributed by atoms with Crippen molar-refractivity contribution >= 4 is 34.9 Å². The van der Waals surface area contributed by atoms with Crippen molar-refractivity contribution in [3.63, 3.8) is 0 Å². The summed E-state index contributed by atoms with van der Waals surface area (Å²) < 4.78 is 0. The molecule has 0 fully saturated rings. The highest BCUT2D eigenvalue weighted by Crippen LogP contribution is 2.23. The first-order chi connectivity index (χ1) is 10.3. The molecule has 1 aromatic heterocycles. The van der Waals surface area contributed by atoms with Gasteiger partial charge in [0, 0.05) is 21.9 Å². The monoisotopic (exact) mass is 334 g/mol. The zero-order chi connectivity index (χ0) is 16.2. The number of nitrogens with zero attached hydrogens (tertiary/aromatic N) is 1. The second-order valence-electron chi connectivity index (χ2n) is 5.98. The first-order valence-electron chi connectivity index (χ1n) is 7.01. The van der Waals surface area contributed by atoms with Gasteiger partial charge in [-0.1, -0.05) is 44.5 Å². The van der Waals surface area contributed by atoms with Crippen molar-refractivity contribution in [1.29, 1.82) is 0 Å². The van der Waals surface area contributed by atoms with E-state index in [1.807, 2.05) is 17.5 Å². The van der Waals surface area contributed by atoms with E-state index in [-0.39, 0.29) is 11.3 Å². The fourth-order valence-electron chi connectivity index (χ4n) is 1.70. The maximum atomic E-state index is 11.8. The minimum atomic E-state index is -0.137. The quantitative estimate of drug-likeness (QED) is 0.841. The Morgan fingerprint density at radius 1 is 1.32 bits per heavy atom. The summed E-state index contributed by atoms with van der Waals surface area (Å²) in [5.74, 6) is -0.137. The minimum absolute atomic E-state index is 0.0350. The Labute approximate surface area is 140 Å². The van der Waals surface area contributed by atoms with Crippen LogP contribution in [0.1, 0.15) is 37.0 Å². The number of benzene rings is 1. The summed E-state index contributed by atoms with van der Waals surface area (Å²) in [4.78, 5) is 16.4. The second-order valence-corrected chi connectivity index (χ2v) is 7.36. The third kappa shape index (κ3) is 4.97. The van der Waals surface area contributed by atoms with E-state index in [0.29, 0.717) is 11.6 Å². The highest BCUT2D eigenvalue weighted by molar-refractivity contribution is 7.09. The molecule has 0 aliphatic heterocycles. The summed E-state index contributed by atoms with van der Waals surface area (Å²) in [6, 6.07) is 7.32. The molecule has 0 bridgehead atoms. The van der Waals surface area contributed by atoms with Gasteiger partial charge in [-0.05, 0) is 23.8 Å². The van der Waals surface area contributed by atoms with E-state index in [9.17, 15) is 4.79 Å². The molecule has 0 unspecified atom stereocenters. The average Bonchev–Trinajstić information content (AvgIpc) is 2.93. The molecule has 2 rings (SSSR count). The summed E-state index contributed by atoms with van der Waals surface area (Å²) >= 11 is 7.39. The molecular weight excluding hydrogens is 316 g/mol. The molecule has 1 amide bonds. The van der Waals surface area contributed by atoms with Crippen molar-refractivity contribution in [2.75, 3.05) is 0 Å². The Hall–Kier alpha value is -1.65. The van der Waals surface area contributed by atoms with Crippen LogP contribution in [0.3, 0.4) is 0 Å². The normalized spacial score (nSPS) is 11.8. The van der Waals surface area contributed by atoms with Crippen LogP contribution >= 0.6 is 22.9 Å². The van der Waals surface area contributed by atoms with Gasteiger partial charge in [0.2, 0.25) is 5.91 Å².